The number of benzene rings is 13. The Bertz CT molecular complexity index is 3660. The van der Waals surface area contributed by atoms with Crippen LogP contribution < -0.4 is 9.80 Å². The molecule has 0 amide bonds. The number of hydrogen-bond donors (Lipinski definition) is 0. The minimum Gasteiger partial charge on any atom is -0.309 e. The molecule has 0 aliphatic carbocycles. The van der Waals surface area contributed by atoms with E-state index < -0.39 is 0 Å². The van der Waals surface area contributed by atoms with E-state index in [0.29, 0.717) is 0 Å². The van der Waals surface area contributed by atoms with Crippen molar-refractivity contribution < 1.29 is 0 Å². The first kappa shape index (κ1) is 36.7. The number of rotatable bonds is 6. The molecule has 0 radical (unpaired) electrons. The van der Waals surface area contributed by atoms with Crippen LogP contribution in [0.3, 0.4) is 0 Å². The summed E-state index contributed by atoms with van der Waals surface area (Å²) in [5.74, 6) is 0. The van der Waals surface area contributed by atoms with Crippen LogP contribution in [-0.4, -0.2) is 0 Å². The Balaban J connectivity index is 1.30. The molecule has 0 unspecified atom stereocenters. The van der Waals surface area contributed by atoms with E-state index in [1.807, 2.05) is 0 Å². The van der Waals surface area contributed by atoms with Crippen molar-refractivity contribution in [2.45, 2.75) is 27.7 Å². The van der Waals surface area contributed by atoms with Crippen molar-refractivity contribution in [2.24, 2.45) is 0 Å². The van der Waals surface area contributed by atoms with Gasteiger partial charge in [0.15, 0.2) is 0 Å². The largest absolute Gasteiger partial charge is 0.309 e. The first-order chi connectivity index (χ1) is 31.5. The number of hydrogen-bond acceptors (Lipinski definition) is 2. The van der Waals surface area contributed by atoms with Gasteiger partial charge in [-0.2, -0.15) is 0 Å². The SMILES string of the molecule is Cc1ccccc1N(c1ccccc1C)c1ccc2c3c4cccc5cccc(c6c(N(c7ccccc7C)c7ccccc7C)ccc(c7c8cccc9cccc(c1c27)c98)c63)c54. The lowest BCUT2D eigenvalue weighted by atomic mass is 9.80. The molecule has 0 bridgehead atoms. The Labute approximate surface area is 372 Å². The average molecular weight is 817 g/mol. The summed E-state index contributed by atoms with van der Waals surface area (Å²) < 4.78 is 0. The van der Waals surface area contributed by atoms with Crippen molar-refractivity contribution in [2.75, 3.05) is 9.80 Å². The molecule has 0 saturated heterocycles. The fourth-order valence-corrected chi connectivity index (χ4v) is 11.4. The summed E-state index contributed by atoms with van der Waals surface area (Å²) in [6.07, 6.45) is 0. The predicted octanol–water partition coefficient (Wildman–Crippen LogP) is 18.0. The molecule has 0 heterocycles. The molecule has 0 aromatic heterocycles. The van der Waals surface area contributed by atoms with Crippen LogP contribution in [0.15, 0.2) is 194 Å². The lowest BCUT2D eigenvalue weighted by Gasteiger charge is -2.32. The predicted molar refractivity (Wildman–Crippen MR) is 277 cm³/mol. The second-order valence-electron chi connectivity index (χ2n) is 17.7. The van der Waals surface area contributed by atoms with E-state index in [0.717, 1.165) is 0 Å². The minimum absolute atomic E-state index is 1.18. The second kappa shape index (κ2) is 13.8. The van der Waals surface area contributed by atoms with E-state index >= 15 is 0 Å². The van der Waals surface area contributed by atoms with Gasteiger partial charge in [0.2, 0.25) is 0 Å². The van der Waals surface area contributed by atoms with Crippen LogP contribution in [0.25, 0.3) is 86.2 Å². The molecule has 2 nitrogen and oxygen atoms in total. The fraction of sp³-hybridized carbons (Fsp3) is 0.0645. The fourth-order valence-electron chi connectivity index (χ4n) is 11.4. The standard InChI is InChI=1S/C62H44N2/c1-37-17-5-9-29-49(37)63(50-30-10-6-18-38(50)2)53-35-33-47-58-44-26-14-22-42-24-16-28-46(56(42)44)60-54(64(51-31-11-7-19-39(51)3)52-32-12-8-20-40(52)4)36-34-48(62(58)60)57-43-25-13-21-41-23-15-27-45(55(41)43)59(53)61(47)57/h5-36H,1-4H3. The maximum atomic E-state index is 2.53. The zero-order chi connectivity index (χ0) is 42.8. The Kier molecular flexibility index (Phi) is 7.90. The summed E-state index contributed by atoms with van der Waals surface area (Å²) in [5, 5.41) is 20.6. The lowest BCUT2D eigenvalue weighted by Crippen LogP contribution is -2.14. The topological polar surface area (TPSA) is 6.48 Å². The molecule has 302 valence electrons. The summed E-state index contributed by atoms with van der Waals surface area (Å²) in [6, 6.07) is 72.7. The summed E-state index contributed by atoms with van der Waals surface area (Å²) in [5.41, 5.74) is 12.0. The molecule has 13 aromatic carbocycles. The molecule has 0 atom stereocenters. The van der Waals surface area contributed by atoms with Gasteiger partial charge < -0.3 is 9.80 Å². The van der Waals surface area contributed by atoms with Crippen molar-refractivity contribution in [3.05, 3.63) is 216 Å². The molecular formula is C62H44N2. The summed E-state index contributed by atoms with van der Waals surface area (Å²) in [6.45, 7) is 8.95. The molecule has 0 fully saturated rings. The third kappa shape index (κ3) is 5.02. The van der Waals surface area contributed by atoms with Crippen molar-refractivity contribution >= 4 is 120 Å². The average Bonchev–Trinajstić information content (AvgIpc) is 3.32. The molecular weight excluding hydrogens is 773 g/mol. The minimum atomic E-state index is 1.18. The molecule has 0 spiro atoms. The van der Waals surface area contributed by atoms with Gasteiger partial charge in [-0.05, 0) is 151 Å². The summed E-state index contributed by atoms with van der Waals surface area (Å²) >= 11 is 0. The Morgan fingerprint density at radius 3 is 0.797 bits per heavy atom. The quantitative estimate of drug-likeness (QED) is 0.122. The van der Waals surface area contributed by atoms with Crippen LogP contribution in [0.5, 0.6) is 0 Å². The van der Waals surface area contributed by atoms with E-state index in [1.54, 1.807) is 0 Å². The van der Waals surface area contributed by atoms with Gasteiger partial charge in [0, 0.05) is 44.3 Å². The first-order valence-electron chi connectivity index (χ1n) is 22.4. The molecule has 13 rings (SSSR count). The monoisotopic (exact) mass is 816 g/mol. The van der Waals surface area contributed by atoms with Gasteiger partial charge in [-0.25, -0.2) is 0 Å². The van der Waals surface area contributed by atoms with Crippen molar-refractivity contribution in [3.8, 4) is 0 Å². The van der Waals surface area contributed by atoms with E-state index in [-0.39, 0.29) is 0 Å². The molecule has 64 heavy (non-hydrogen) atoms. The highest BCUT2D eigenvalue weighted by Gasteiger charge is 2.29. The number of nitrogens with zero attached hydrogens (tertiary/aromatic N) is 2. The van der Waals surface area contributed by atoms with Gasteiger partial charge in [-0.3, -0.25) is 0 Å². The summed E-state index contributed by atoms with van der Waals surface area (Å²) in [7, 11) is 0. The van der Waals surface area contributed by atoms with Crippen LogP contribution in [0.2, 0.25) is 0 Å². The van der Waals surface area contributed by atoms with Crippen molar-refractivity contribution in [3.63, 3.8) is 0 Å². The van der Waals surface area contributed by atoms with Gasteiger partial charge in [0.1, 0.15) is 0 Å². The third-order valence-electron chi connectivity index (χ3n) is 14.2. The van der Waals surface area contributed by atoms with Crippen LogP contribution in [0, 0.1) is 27.7 Å². The van der Waals surface area contributed by atoms with Gasteiger partial charge in [0.25, 0.3) is 0 Å². The number of fused-ring (bicyclic) bond motifs is 6. The van der Waals surface area contributed by atoms with Gasteiger partial charge in [0.05, 0.1) is 11.4 Å². The zero-order valence-electron chi connectivity index (χ0n) is 36.4. The Hall–Kier alpha value is -7.94. The molecule has 0 N–H and O–H groups in total. The zero-order valence-corrected chi connectivity index (χ0v) is 36.4. The highest BCUT2D eigenvalue weighted by atomic mass is 15.2. The van der Waals surface area contributed by atoms with Crippen LogP contribution in [0.1, 0.15) is 22.3 Å². The molecule has 13 aromatic rings. The third-order valence-corrected chi connectivity index (χ3v) is 14.2. The first-order valence-corrected chi connectivity index (χ1v) is 22.4. The van der Waals surface area contributed by atoms with Crippen LogP contribution in [0.4, 0.5) is 34.1 Å². The molecule has 0 aliphatic rings. The van der Waals surface area contributed by atoms with E-state index in [4.69, 9.17) is 0 Å². The maximum absolute atomic E-state index is 2.53. The highest BCUT2D eigenvalue weighted by Crippen LogP contribution is 2.56. The number of anilines is 6. The smallest absolute Gasteiger partial charge is 0.0547 e. The second-order valence-corrected chi connectivity index (χ2v) is 17.7. The lowest BCUT2D eigenvalue weighted by molar-refractivity contribution is 1.24. The Morgan fingerprint density at radius 1 is 0.203 bits per heavy atom. The van der Waals surface area contributed by atoms with Crippen molar-refractivity contribution in [1.29, 1.82) is 0 Å². The highest BCUT2D eigenvalue weighted by molar-refractivity contribution is 6.49. The molecule has 0 saturated carbocycles. The Morgan fingerprint density at radius 2 is 0.484 bits per heavy atom. The number of para-hydroxylation sites is 4. The van der Waals surface area contributed by atoms with Gasteiger partial charge >= 0.3 is 0 Å². The van der Waals surface area contributed by atoms with Crippen LogP contribution in [-0.2, 0) is 0 Å². The van der Waals surface area contributed by atoms with E-state index in [1.165, 1.54) is 143 Å². The van der Waals surface area contributed by atoms with Crippen molar-refractivity contribution in [1.82, 2.24) is 0 Å². The maximum Gasteiger partial charge on any atom is 0.0547 e. The number of aryl methyl sites for hydroxylation is 4. The summed E-state index contributed by atoms with van der Waals surface area (Å²) in [4.78, 5) is 5.05. The molecule has 0 aliphatic heterocycles. The van der Waals surface area contributed by atoms with Gasteiger partial charge in [-0.1, -0.05) is 158 Å². The van der Waals surface area contributed by atoms with E-state index in [2.05, 4.69) is 232 Å². The molecule has 2 heteroatoms. The van der Waals surface area contributed by atoms with Crippen LogP contribution >= 0.6 is 0 Å². The van der Waals surface area contributed by atoms with Gasteiger partial charge in [-0.15, -0.1) is 0 Å². The van der Waals surface area contributed by atoms with E-state index in [9.17, 15) is 0 Å². The normalized spacial score (nSPS) is 12.1.